The number of hydrogen-bond donors (Lipinski definition) is 2. The highest BCUT2D eigenvalue weighted by Crippen LogP contribution is 2.42. The van der Waals surface area contributed by atoms with Gasteiger partial charge in [-0.05, 0) is 12.0 Å². The van der Waals surface area contributed by atoms with Crippen molar-refractivity contribution in [1.29, 1.82) is 0 Å². The number of halogens is 7. The van der Waals surface area contributed by atoms with Crippen molar-refractivity contribution in [3.63, 3.8) is 0 Å². The molecular weight excluding hydrogens is 461 g/mol. The van der Waals surface area contributed by atoms with E-state index in [2.05, 4.69) is 20.8 Å². The number of aliphatic hydroxyl groups excluding tert-OH is 1. The van der Waals surface area contributed by atoms with Crippen molar-refractivity contribution in [3.8, 4) is 0 Å². The molecule has 0 aliphatic heterocycles. The summed E-state index contributed by atoms with van der Waals surface area (Å²) in [6, 6.07) is 0. The Morgan fingerprint density at radius 1 is 1.13 bits per heavy atom. The molecule has 30 heavy (non-hydrogen) atoms. The van der Waals surface area contributed by atoms with Gasteiger partial charge < -0.3 is 19.3 Å². The van der Waals surface area contributed by atoms with E-state index in [0.29, 0.717) is 6.08 Å². The van der Waals surface area contributed by atoms with Crippen LogP contribution in [-0.2, 0) is 29.1 Å². The lowest BCUT2D eigenvalue weighted by molar-refractivity contribution is -0.391. The van der Waals surface area contributed by atoms with Crippen LogP contribution in [0.2, 0.25) is 0 Å². The number of aliphatic hydroxyl groups is 1. The van der Waals surface area contributed by atoms with E-state index >= 15 is 0 Å². The summed E-state index contributed by atoms with van der Waals surface area (Å²) in [6.45, 7) is 3.03. The SMILES string of the molecule is C=CC(O)OC(OCCC(F)(F)C(F)(F)S(=O)(=O)O)(C(=O)OCC(C)C)C(F)(F)F. The highest BCUT2D eigenvalue weighted by atomic mass is 32.2. The first-order valence-corrected chi connectivity index (χ1v) is 9.28. The Labute approximate surface area is 166 Å². The molecule has 0 spiro atoms. The Kier molecular flexibility index (Phi) is 9.27. The molecule has 0 fully saturated rings. The third-order valence-electron chi connectivity index (χ3n) is 3.15. The van der Waals surface area contributed by atoms with Crippen LogP contribution in [0.25, 0.3) is 0 Å². The van der Waals surface area contributed by atoms with Crippen LogP contribution in [0.4, 0.5) is 30.7 Å². The maximum Gasteiger partial charge on any atom is 0.455 e. The lowest BCUT2D eigenvalue weighted by atomic mass is 10.2. The molecule has 16 heteroatoms. The van der Waals surface area contributed by atoms with Gasteiger partial charge >= 0.3 is 39.2 Å². The van der Waals surface area contributed by atoms with E-state index in [9.17, 15) is 49.1 Å². The summed E-state index contributed by atoms with van der Waals surface area (Å²) in [6.07, 6.45) is -10.5. The smallest absolute Gasteiger partial charge is 0.455 e. The second-order valence-electron chi connectivity index (χ2n) is 6.15. The Morgan fingerprint density at radius 3 is 2.00 bits per heavy atom. The third-order valence-corrected chi connectivity index (χ3v) is 4.10. The van der Waals surface area contributed by atoms with E-state index in [-0.39, 0.29) is 0 Å². The van der Waals surface area contributed by atoms with Crippen molar-refractivity contribution in [1.82, 2.24) is 0 Å². The molecule has 0 amide bonds. The molecule has 2 N–H and O–H groups in total. The molecule has 0 saturated carbocycles. The number of esters is 1. The van der Waals surface area contributed by atoms with Crippen molar-refractivity contribution >= 4 is 16.1 Å². The molecule has 0 rings (SSSR count). The number of ether oxygens (including phenoxy) is 3. The first-order valence-electron chi connectivity index (χ1n) is 7.84. The average Bonchev–Trinajstić information content (AvgIpc) is 2.55. The number of carbonyl (C=O) groups excluding carboxylic acids is 1. The van der Waals surface area contributed by atoms with E-state index < -0.39 is 71.1 Å². The molecular formula is C14H19F7O8S. The van der Waals surface area contributed by atoms with E-state index in [1.54, 1.807) is 0 Å². The summed E-state index contributed by atoms with van der Waals surface area (Å²) >= 11 is 0. The molecule has 178 valence electrons. The van der Waals surface area contributed by atoms with Crippen molar-refractivity contribution in [2.75, 3.05) is 13.2 Å². The van der Waals surface area contributed by atoms with Crippen molar-refractivity contribution in [3.05, 3.63) is 12.7 Å². The Hall–Kier alpha value is -1.49. The second kappa shape index (κ2) is 9.76. The highest BCUT2D eigenvalue weighted by Gasteiger charge is 2.68. The minimum Gasteiger partial charge on any atom is -0.461 e. The Morgan fingerprint density at radius 2 is 1.63 bits per heavy atom. The average molecular weight is 480 g/mol. The van der Waals surface area contributed by atoms with E-state index in [1.807, 2.05) is 0 Å². The fourth-order valence-electron chi connectivity index (χ4n) is 1.62. The van der Waals surface area contributed by atoms with Gasteiger partial charge in [0, 0.05) is 6.42 Å². The number of rotatable bonds is 12. The molecule has 0 saturated heterocycles. The predicted octanol–water partition coefficient (Wildman–Crippen LogP) is 2.49. The van der Waals surface area contributed by atoms with E-state index in [1.165, 1.54) is 13.8 Å². The minimum absolute atomic E-state index is 0.348. The molecule has 0 aliphatic rings. The van der Waals surface area contributed by atoms with Gasteiger partial charge in [0.1, 0.15) is 0 Å². The Bertz CT molecular complexity index is 708. The minimum atomic E-state index is -6.65. The third kappa shape index (κ3) is 6.50. The number of alkyl halides is 7. The number of hydrogen-bond acceptors (Lipinski definition) is 7. The van der Waals surface area contributed by atoms with Gasteiger partial charge in [0.25, 0.3) is 0 Å². The zero-order chi connectivity index (χ0) is 24.2. The van der Waals surface area contributed by atoms with Crippen LogP contribution in [0.15, 0.2) is 12.7 Å². The molecule has 0 aromatic heterocycles. The maximum absolute atomic E-state index is 13.5. The van der Waals surface area contributed by atoms with Crippen LogP contribution < -0.4 is 0 Å². The van der Waals surface area contributed by atoms with Crippen molar-refractivity contribution in [2.45, 2.75) is 49.7 Å². The zero-order valence-electron chi connectivity index (χ0n) is 15.5. The summed E-state index contributed by atoms with van der Waals surface area (Å²) in [5, 5.41) is 3.19. The van der Waals surface area contributed by atoms with Gasteiger partial charge in [0.2, 0.25) is 0 Å². The molecule has 2 atom stereocenters. The largest absolute Gasteiger partial charge is 0.461 e. The zero-order valence-corrected chi connectivity index (χ0v) is 16.3. The van der Waals surface area contributed by atoms with Crippen LogP contribution in [0, 0.1) is 5.92 Å². The summed E-state index contributed by atoms with van der Waals surface area (Å²) in [5.41, 5.74) is 0. The summed E-state index contributed by atoms with van der Waals surface area (Å²) < 4.78 is 135. The van der Waals surface area contributed by atoms with Gasteiger partial charge in [-0.2, -0.15) is 39.2 Å². The molecule has 0 radical (unpaired) electrons. The molecule has 0 bridgehead atoms. The normalized spacial score (nSPS) is 16.8. The van der Waals surface area contributed by atoms with Crippen LogP contribution in [0.5, 0.6) is 0 Å². The Balaban J connectivity index is 5.88. The predicted molar refractivity (Wildman–Crippen MR) is 83.9 cm³/mol. The standard InChI is InChI=1S/C14H19F7O8S/c1-4-9(22)29-12(13(17,18)19,10(23)27-7-8(2)3)28-6-5-11(15,16)14(20,21)30(24,25)26/h4,8-9,22H,1,5-7H2,2-3H3,(H,24,25,26). The lowest BCUT2D eigenvalue weighted by Gasteiger charge is -2.34. The molecule has 0 heterocycles. The summed E-state index contributed by atoms with van der Waals surface area (Å²) in [5.74, 6) is -13.0. The molecule has 2 unspecified atom stereocenters. The topological polar surface area (TPSA) is 119 Å². The van der Waals surface area contributed by atoms with Gasteiger partial charge in [-0.15, -0.1) is 0 Å². The summed E-state index contributed by atoms with van der Waals surface area (Å²) in [4.78, 5) is 12.0. The second-order valence-corrected chi connectivity index (χ2v) is 7.61. The van der Waals surface area contributed by atoms with Crippen LogP contribution in [0.1, 0.15) is 20.3 Å². The van der Waals surface area contributed by atoms with Crippen molar-refractivity contribution < 1.29 is 67.8 Å². The van der Waals surface area contributed by atoms with Gasteiger partial charge in [0.15, 0.2) is 6.29 Å². The van der Waals surface area contributed by atoms with Crippen molar-refractivity contribution in [2.24, 2.45) is 5.92 Å². The monoisotopic (exact) mass is 480 g/mol. The number of carbonyl (C=O) groups is 1. The molecule has 0 aromatic rings. The maximum atomic E-state index is 13.5. The van der Waals surface area contributed by atoms with Crippen LogP contribution in [-0.4, -0.2) is 66.7 Å². The quantitative estimate of drug-likeness (QED) is 0.144. The molecule has 0 aliphatic carbocycles. The molecule has 8 nitrogen and oxygen atoms in total. The lowest BCUT2D eigenvalue weighted by Crippen LogP contribution is -2.59. The van der Waals surface area contributed by atoms with Gasteiger partial charge in [-0.3, -0.25) is 4.55 Å². The highest BCUT2D eigenvalue weighted by molar-refractivity contribution is 7.87. The fourth-order valence-corrected chi connectivity index (χ4v) is 2.10. The van der Waals surface area contributed by atoms with Gasteiger partial charge in [0.05, 0.1) is 13.2 Å². The first-order chi connectivity index (χ1) is 13.2. The first kappa shape index (κ1) is 28.5. The van der Waals surface area contributed by atoms with E-state index in [0.717, 1.165) is 0 Å². The van der Waals surface area contributed by atoms with E-state index in [4.69, 9.17) is 4.55 Å². The van der Waals surface area contributed by atoms with Gasteiger partial charge in [-0.1, -0.05) is 20.4 Å². The fraction of sp³-hybridized carbons (Fsp3) is 0.786. The van der Waals surface area contributed by atoms with Crippen LogP contribution >= 0.6 is 0 Å². The summed E-state index contributed by atoms with van der Waals surface area (Å²) in [7, 11) is -6.65. The molecule has 0 aromatic carbocycles. The van der Waals surface area contributed by atoms with Gasteiger partial charge in [-0.25, -0.2) is 4.79 Å². The van der Waals surface area contributed by atoms with Crippen LogP contribution in [0.3, 0.4) is 0 Å².